The number of hydrogen-bond acceptors (Lipinski definition) is 3. The lowest BCUT2D eigenvalue weighted by atomic mass is 10.3. The molecule has 0 atom stereocenters. The first-order valence-electron chi connectivity index (χ1n) is 4.26. The molecule has 3 N–H and O–H groups in total. The first kappa shape index (κ1) is 11.6. The zero-order chi connectivity index (χ0) is 10.4. The summed E-state index contributed by atoms with van der Waals surface area (Å²) in [4.78, 5) is 0. The molecule has 0 amide bonds. The van der Waals surface area contributed by atoms with Crippen LogP contribution in [0, 0.1) is 0 Å². The normalized spacial score (nSPS) is 10.2. The average molecular weight is 235 g/mol. The van der Waals surface area contributed by atoms with Crippen LogP contribution in [0.25, 0.3) is 0 Å². The van der Waals surface area contributed by atoms with Gasteiger partial charge in [-0.2, -0.15) is 0 Å². The second-order valence-electron chi connectivity index (χ2n) is 2.71. The zero-order valence-corrected chi connectivity index (χ0v) is 9.11. The van der Waals surface area contributed by atoms with Gasteiger partial charge in [-0.05, 0) is 18.6 Å². The molecule has 78 valence electrons. The number of nitrogens with two attached hydrogens (primary N) is 1. The Labute approximate surface area is 93.1 Å². The quantitative estimate of drug-likeness (QED) is 0.467. The van der Waals surface area contributed by atoms with Gasteiger partial charge < -0.3 is 4.74 Å². The number of hydrazine groups is 1. The fraction of sp³-hybridized carbons (Fsp3) is 0.333. The molecule has 3 nitrogen and oxygen atoms in total. The molecule has 0 aromatic heterocycles. The van der Waals surface area contributed by atoms with Crippen molar-refractivity contribution >= 4 is 23.2 Å². The van der Waals surface area contributed by atoms with Crippen LogP contribution in [-0.4, -0.2) is 13.2 Å². The molecule has 0 saturated heterocycles. The molecule has 0 aliphatic carbocycles. The van der Waals surface area contributed by atoms with Crippen LogP contribution in [0.4, 0.5) is 0 Å². The van der Waals surface area contributed by atoms with E-state index in [9.17, 15) is 0 Å². The zero-order valence-electron chi connectivity index (χ0n) is 7.59. The number of nitrogens with one attached hydrogen (secondary N) is 1. The van der Waals surface area contributed by atoms with Gasteiger partial charge in [-0.1, -0.05) is 29.3 Å². The SMILES string of the molecule is NNCCCOc1c(Cl)cccc1Cl. The Hall–Kier alpha value is -0.480. The molecule has 1 rings (SSSR count). The maximum Gasteiger partial charge on any atom is 0.156 e. The molecule has 0 aliphatic heterocycles. The average Bonchev–Trinajstić information content (AvgIpc) is 2.16. The van der Waals surface area contributed by atoms with E-state index in [4.69, 9.17) is 33.8 Å². The van der Waals surface area contributed by atoms with Gasteiger partial charge in [-0.25, -0.2) is 0 Å². The van der Waals surface area contributed by atoms with E-state index >= 15 is 0 Å². The molecular weight excluding hydrogens is 223 g/mol. The fourth-order valence-electron chi connectivity index (χ4n) is 0.969. The van der Waals surface area contributed by atoms with Crippen LogP contribution < -0.4 is 16.0 Å². The summed E-state index contributed by atoms with van der Waals surface area (Å²) in [5, 5.41) is 1.05. The van der Waals surface area contributed by atoms with E-state index in [1.54, 1.807) is 18.2 Å². The minimum absolute atomic E-state index is 0.526. The Kier molecular flexibility index (Phi) is 5.04. The Morgan fingerprint density at radius 3 is 2.50 bits per heavy atom. The van der Waals surface area contributed by atoms with E-state index in [1.807, 2.05) is 0 Å². The Balaban J connectivity index is 2.49. The maximum absolute atomic E-state index is 5.89. The van der Waals surface area contributed by atoms with Gasteiger partial charge in [0.2, 0.25) is 0 Å². The van der Waals surface area contributed by atoms with E-state index in [1.165, 1.54) is 0 Å². The summed E-state index contributed by atoms with van der Waals surface area (Å²) in [6, 6.07) is 5.26. The lowest BCUT2D eigenvalue weighted by Gasteiger charge is -2.08. The van der Waals surface area contributed by atoms with E-state index in [0.717, 1.165) is 6.42 Å². The summed E-state index contributed by atoms with van der Waals surface area (Å²) in [5.41, 5.74) is 2.54. The molecule has 0 aliphatic rings. The Morgan fingerprint density at radius 1 is 1.29 bits per heavy atom. The summed E-state index contributed by atoms with van der Waals surface area (Å²) in [5.74, 6) is 5.65. The maximum atomic E-state index is 5.89. The van der Waals surface area contributed by atoms with Crippen molar-refractivity contribution in [2.24, 2.45) is 5.84 Å². The lowest BCUT2D eigenvalue weighted by Crippen LogP contribution is -2.24. The van der Waals surface area contributed by atoms with Crippen molar-refractivity contribution in [3.8, 4) is 5.75 Å². The Morgan fingerprint density at radius 2 is 1.93 bits per heavy atom. The predicted octanol–water partition coefficient (Wildman–Crippen LogP) is 2.23. The van der Waals surface area contributed by atoms with E-state index in [-0.39, 0.29) is 0 Å². The predicted molar refractivity (Wildman–Crippen MR) is 58.8 cm³/mol. The molecule has 0 unspecified atom stereocenters. The molecule has 0 bridgehead atoms. The van der Waals surface area contributed by atoms with Crippen molar-refractivity contribution in [2.45, 2.75) is 6.42 Å². The van der Waals surface area contributed by atoms with Crippen molar-refractivity contribution in [3.05, 3.63) is 28.2 Å². The van der Waals surface area contributed by atoms with E-state index in [0.29, 0.717) is 28.9 Å². The van der Waals surface area contributed by atoms with Crippen molar-refractivity contribution in [3.63, 3.8) is 0 Å². The molecule has 0 fully saturated rings. The second kappa shape index (κ2) is 6.09. The molecule has 0 spiro atoms. The highest BCUT2D eigenvalue weighted by Gasteiger charge is 2.05. The van der Waals surface area contributed by atoms with Gasteiger partial charge in [0.1, 0.15) is 0 Å². The van der Waals surface area contributed by atoms with Crippen molar-refractivity contribution < 1.29 is 4.74 Å². The first-order chi connectivity index (χ1) is 6.75. The van der Waals surface area contributed by atoms with Crippen LogP contribution in [0.5, 0.6) is 5.75 Å². The smallest absolute Gasteiger partial charge is 0.156 e. The van der Waals surface area contributed by atoms with Gasteiger partial charge in [-0.3, -0.25) is 11.3 Å². The number of ether oxygens (including phenoxy) is 1. The summed E-state index contributed by atoms with van der Waals surface area (Å²) in [6.45, 7) is 1.23. The van der Waals surface area contributed by atoms with Gasteiger partial charge in [0.25, 0.3) is 0 Å². The lowest BCUT2D eigenvalue weighted by molar-refractivity contribution is 0.309. The monoisotopic (exact) mass is 234 g/mol. The molecule has 14 heavy (non-hydrogen) atoms. The van der Waals surface area contributed by atoms with Crippen molar-refractivity contribution in [1.29, 1.82) is 0 Å². The standard InChI is InChI=1S/C9H12Cl2N2O/c10-7-3-1-4-8(11)9(7)14-6-2-5-13-12/h1,3-4,13H,2,5-6,12H2. The third kappa shape index (κ3) is 3.35. The summed E-state index contributed by atoms with van der Waals surface area (Å²) in [6.07, 6.45) is 0.804. The van der Waals surface area contributed by atoms with Crippen molar-refractivity contribution in [1.82, 2.24) is 5.43 Å². The molecule has 1 aromatic carbocycles. The van der Waals surface area contributed by atoms with Crippen LogP contribution in [0.2, 0.25) is 10.0 Å². The first-order valence-corrected chi connectivity index (χ1v) is 5.01. The third-order valence-electron chi connectivity index (χ3n) is 1.63. The summed E-state index contributed by atoms with van der Waals surface area (Å²) >= 11 is 11.8. The largest absolute Gasteiger partial charge is 0.490 e. The second-order valence-corrected chi connectivity index (χ2v) is 3.52. The van der Waals surface area contributed by atoms with Gasteiger partial charge in [-0.15, -0.1) is 0 Å². The number of rotatable bonds is 5. The number of para-hydroxylation sites is 1. The highest BCUT2D eigenvalue weighted by Crippen LogP contribution is 2.32. The molecule has 0 heterocycles. The summed E-state index contributed by atoms with van der Waals surface area (Å²) in [7, 11) is 0. The minimum Gasteiger partial charge on any atom is -0.490 e. The van der Waals surface area contributed by atoms with Crippen LogP contribution in [0.3, 0.4) is 0 Å². The summed E-state index contributed by atoms with van der Waals surface area (Å²) < 4.78 is 5.41. The van der Waals surface area contributed by atoms with Gasteiger partial charge in [0.15, 0.2) is 5.75 Å². The molecule has 0 radical (unpaired) electrons. The fourth-order valence-corrected chi connectivity index (χ4v) is 1.48. The molecular formula is C9H12Cl2N2O. The van der Waals surface area contributed by atoms with Gasteiger partial charge in [0, 0.05) is 6.54 Å². The minimum atomic E-state index is 0.526. The van der Waals surface area contributed by atoms with E-state index in [2.05, 4.69) is 5.43 Å². The number of benzene rings is 1. The van der Waals surface area contributed by atoms with Gasteiger partial charge in [0.05, 0.1) is 16.7 Å². The van der Waals surface area contributed by atoms with Gasteiger partial charge >= 0.3 is 0 Å². The Bertz CT molecular complexity index is 274. The number of halogens is 2. The van der Waals surface area contributed by atoms with Crippen LogP contribution in [0.1, 0.15) is 6.42 Å². The molecule has 1 aromatic rings. The third-order valence-corrected chi connectivity index (χ3v) is 2.23. The highest BCUT2D eigenvalue weighted by atomic mass is 35.5. The molecule has 5 heteroatoms. The highest BCUT2D eigenvalue weighted by molar-refractivity contribution is 6.37. The topological polar surface area (TPSA) is 47.3 Å². The number of hydrogen-bond donors (Lipinski definition) is 2. The van der Waals surface area contributed by atoms with E-state index < -0.39 is 0 Å². The van der Waals surface area contributed by atoms with Crippen LogP contribution >= 0.6 is 23.2 Å². The van der Waals surface area contributed by atoms with Crippen molar-refractivity contribution in [2.75, 3.05) is 13.2 Å². The van der Waals surface area contributed by atoms with Crippen LogP contribution in [0.15, 0.2) is 18.2 Å². The van der Waals surface area contributed by atoms with Crippen LogP contribution in [-0.2, 0) is 0 Å². The molecule has 0 saturated carbocycles.